The second kappa shape index (κ2) is 3.96. The molecule has 0 aromatic rings. The third-order valence-corrected chi connectivity index (χ3v) is 5.50. The average molecular weight is 227 g/mol. The molecule has 15 heavy (non-hydrogen) atoms. The van der Waals surface area contributed by atoms with Gasteiger partial charge in [-0.2, -0.15) is 0 Å². The molecule has 2 heteroatoms. The second-order valence-corrected chi connectivity index (χ2v) is 8.05. The van der Waals surface area contributed by atoms with Crippen molar-refractivity contribution in [1.82, 2.24) is 5.32 Å². The Morgan fingerprint density at radius 3 is 2.40 bits per heavy atom. The van der Waals surface area contributed by atoms with Gasteiger partial charge in [-0.1, -0.05) is 27.7 Å². The zero-order valence-electron chi connectivity index (χ0n) is 10.6. The number of thioether (sulfide) groups is 1. The summed E-state index contributed by atoms with van der Waals surface area (Å²) in [4.78, 5) is 0.410. The van der Waals surface area contributed by atoms with Crippen LogP contribution in [0.2, 0.25) is 0 Å². The number of rotatable bonds is 0. The Balaban J connectivity index is 2.07. The number of nitrogens with one attached hydrogen (secondary N) is 1. The predicted molar refractivity (Wildman–Crippen MR) is 69.2 cm³/mol. The van der Waals surface area contributed by atoms with Crippen molar-refractivity contribution < 1.29 is 0 Å². The largest absolute Gasteiger partial charge is 0.302 e. The van der Waals surface area contributed by atoms with E-state index in [1.807, 2.05) is 0 Å². The van der Waals surface area contributed by atoms with Crippen molar-refractivity contribution in [3.63, 3.8) is 0 Å². The van der Waals surface area contributed by atoms with Gasteiger partial charge >= 0.3 is 0 Å². The summed E-state index contributed by atoms with van der Waals surface area (Å²) < 4.78 is 0. The molecule has 0 radical (unpaired) electrons. The van der Waals surface area contributed by atoms with Gasteiger partial charge in [-0.05, 0) is 48.8 Å². The first kappa shape index (κ1) is 11.8. The maximum Gasteiger partial charge on any atom is 0.0653 e. The lowest BCUT2D eigenvalue weighted by molar-refractivity contribution is 0.129. The van der Waals surface area contributed by atoms with Gasteiger partial charge in [0.05, 0.1) is 4.87 Å². The summed E-state index contributed by atoms with van der Waals surface area (Å²) in [5.74, 6) is 3.07. The molecule has 1 saturated carbocycles. The summed E-state index contributed by atoms with van der Waals surface area (Å²) in [6.45, 7) is 10.9. The van der Waals surface area contributed by atoms with Gasteiger partial charge in [-0.25, -0.2) is 0 Å². The van der Waals surface area contributed by atoms with Gasteiger partial charge in [0.2, 0.25) is 0 Å². The lowest BCUT2D eigenvalue weighted by atomic mass is 9.70. The van der Waals surface area contributed by atoms with Crippen molar-refractivity contribution in [3.05, 3.63) is 0 Å². The Labute approximate surface area is 98.8 Å². The highest BCUT2D eigenvalue weighted by molar-refractivity contribution is 8.00. The van der Waals surface area contributed by atoms with E-state index in [1.165, 1.54) is 31.6 Å². The topological polar surface area (TPSA) is 12.0 Å². The zero-order valence-corrected chi connectivity index (χ0v) is 11.4. The van der Waals surface area contributed by atoms with Gasteiger partial charge in [0.25, 0.3) is 0 Å². The monoisotopic (exact) mass is 227 g/mol. The summed E-state index contributed by atoms with van der Waals surface area (Å²) in [6.07, 6.45) is 4.11. The highest BCUT2D eigenvalue weighted by Crippen LogP contribution is 2.50. The normalized spacial score (nSPS) is 45.6. The Morgan fingerprint density at radius 2 is 1.87 bits per heavy atom. The fourth-order valence-electron chi connectivity index (χ4n) is 3.51. The Kier molecular flexibility index (Phi) is 3.11. The molecule has 1 saturated heterocycles. The third-order valence-electron chi connectivity index (χ3n) is 3.76. The van der Waals surface area contributed by atoms with Crippen LogP contribution in [0.5, 0.6) is 0 Å². The van der Waals surface area contributed by atoms with Crippen molar-refractivity contribution >= 4 is 11.8 Å². The molecular formula is C13H25NS. The number of hydrogen-bond acceptors (Lipinski definition) is 2. The van der Waals surface area contributed by atoms with Crippen LogP contribution < -0.4 is 5.32 Å². The molecule has 0 amide bonds. The molecule has 1 nitrogen and oxygen atoms in total. The van der Waals surface area contributed by atoms with Gasteiger partial charge < -0.3 is 5.32 Å². The fourth-order valence-corrected chi connectivity index (χ4v) is 5.31. The van der Waals surface area contributed by atoms with Crippen molar-refractivity contribution in [3.8, 4) is 0 Å². The molecule has 0 aromatic heterocycles. The van der Waals surface area contributed by atoms with Crippen LogP contribution in [0.25, 0.3) is 0 Å². The first-order valence-electron chi connectivity index (χ1n) is 6.30. The van der Waals surface area contributed by atoms with E-state index in [-0.39, 0.29) is 0 Å². The lowest BCUT2D eigenvalue weighted by Gasteiger charge is -2.50. The predicted octanol–water partition coefficient (Wildman–Crippen LogP) is 3.50. The van der Waals surface area contributed by atoms with Crippen molar-refractivity contribution in [2.45, 2.75) is 51.8 Å². The summed E-state index contributed by atoms with van der Waals surface area (Å²) in [5.41, 5.74) is 0.526. The summed E-state index contributed by atoms with van der Waals surface area (Å²) >= 11 is 2.19. The molecular weight excluding hydrogens is 202 g/mol. The smallest absolute Gasteiger partial charge is 0.0653 e. The van der Waals surface area contributed by atoms with Crippen LogP contribution in [0.4, 0.5) is 0 Å². The average Bonchev–Trinajstić information content (AvgIpc) is 2.07. The van der Waals surface area contributed by atoms with Crippen LogP contribution in [0.1, 0.15) is 47.0 Å². The molecule has 1 spiro atoms. The van der Waals surface area contributed by atoms with E-state index in [9.17, 15) is 0 Å². The minimum atomic E-state index is 0.410. The van der Waals surface area contributed by atoms with Crippen LogP contribution in [0.15, 0.2) is 0 Å². The minimum Gasteiger partial charge on any atom is -0.302 e. The molecule has 2 rings (SSSR count). The third kappa shape index (κ3) is 2.71. The molecule has 2 fully saturated rings. The highest BCUT2D eigenvalue weighted by atomic mass is 32.2. The van der Waals surface area contributed by atoms with Gasteiger partial charge in [0, 0.05) is 0 Å². The SMILES string of the molecule is CC1CNC2(CC(C)CC(C)(C)C2)SC1. The van der Waals surface area contributed by atoms with Gasteiger partial charge in [-0.3, -0.25) is 0 Å². The molecule has 88 valence electrons. The lowest BCUT2D eigenvalue weighted by Crippen LogP contribution is -2.54. The van der Waals surface area contributed by atoms with E-state index in [0.717, 1.165) is 11.8 Å². The van der Waals surface area contributed by atoms with Gasteiger partial charge in [-0.15, -0.1) is 11.8 Å². The molecule has 2 aliphatic rings. The van der Waals surface area contributed by atoms with Crippen LogP contribution in [0, 0.1) is 17.3 Å². The van der Waals surface area contributed by atoms with E-state index in [2.05, 4.69) is 44.8 Å². The molecule has 0 bridgehead atoms. The van der Waals surface area contributed by atoms with Crippen LogP contribution in [0.3, 0.4) is 0 Å². The Bertz CT molecular complexity index is 229. The van der Waals surface area contributed by atoms with E-state index >= 15 is 0 Å². The van der Waals surface area contributed by atoms with E-state index in [4.69, 9.17) is 0 Å². The summed E-state index contributed by atoms with van der Waals surface area (Å²) in [7, 11) is 0. The summed E-state index contributed by atoms with van der Waals surface area (Å²) in [5, 5.41) is 3.83. The molecule has 3 atom stereocenters. The van der Waals surface area contributed by atoms with Crippen molar-refractivity contribution in [2.75, 3.05) is 12.3 Å². The fraction of sp³-hybridized carbons (Fsp3) is 1.00. The van der Waals surface area contributed by atoms with E-state index in [0.29, 0.717) is 10.3 Å². The second-order valence-electron chi connectivity index (χ2n) is 6.65. The molecule has 1 aliphatic carbocycles. The van der Waals surface area contributed by atoms with Crippen molar-refractivity contribution in [1.29, 1.82) is 0 Å². The first-order chi connectivity index (χ1) is 6.91. The standard InChI is InChI=1S/C13H25NS/c1-10-5-12(3,4)9-13(6-10)14-7-11(2)8-15-13/h10-11,14H,5-9H2,1-4H3. The summed E-state index contributed by atoms with van der Waals surface area (Å²) in [6, 6.07) is 0. The van der Waals surface area contributed by atoms with Gasteiger partial charge in [0.1, 0.15) is 0 Å². The molecule has 3 unspecified atom stereocenters. The Hall–Kier alpha value is 0.310. The van der Waals surface area contributed by atoms with Crippen LogP contribution >= 0.6 is 11.8 Å². The molecule has 1 N–H and O–H groups in total. The minimum absolute atomic E-state index is 0.410. The van der Waals surface area contributed by atoms with Crippen LogP contribution in [-0.2, 0) is 0 Å². The molecule has 1 aliphatic heterocycles. The van der Waals surface area contributed by atoms with Gasteiger partial charge in [0.15, 0.2) is 0 Å². The zero-order chi connectivity index (χ0) is 11.1. The highest BCUT2D eigenvalue weighted by Gasteiger charge is 2.44. The molecule has 1 heterocycles. The number of hydrogen-bond donors (Lipinski definition) is 1. The van der Waals surface area contributed by atoms with Crippen LogP contribution in [-0.4, -0.2) is 17.2 Å². The van der Waals surface area contributed by atoms with E-state index < -0.39 is 0 Å². The molecule has 0 aromatic carbocycles. The maximum atomic E-state index is 3.83. The Morgan fingerprint density at radius 1 is 1.13 bits per heavy atom. The first-order valence-corrected chi connectivity index (χ1v) is 7.28. The van der Waals surface area contributed by atoms with Crippen molar-refractivity contribution in [2.24, 2.45) is 17.3 Å². The van der Waals surface area contributed by atoms with E-state index in [1.54, 1.807) is 0 Å². The quantitative estimate of drug-likeness (QED) is 0.680. The maximum absolute atomic E-state index is 3.83.